The van der Waals surface area contributed by atoms with Crippen molar-refractivity contribution < 1.29 is 5.11 Å². The molecule has 1 unspecified atom stereocenters. The Morgan fingerprint density at radius 3 is 2.58 bits per heavy atom. The van der Waals surface area contributed by atoms with Crippen LogP contribution in [0.25, 0.3) is 0 Å². The van der Waals surface area contributed by atoms with Gasteiger partial charge in [-0.25, -0.2) is 9.98 Å². The predicted molar refractivity (Wildman–Crippen MR) is 76.0 cm³/mol. The van der Waals surface area contributed by atoms with E-state index in [1.807, 2.05) is 19.9 Å². The Hall–Kier alpha value is -2.24. The number of hydrogen-bond donors (Lipinski definition) is 3. The quantitative estimate of drug-likeness (QED) is 0.758. The summed E-state index contributed by atoms with van der Waals surface area (Å²) < 4.78 is 0. The highest BCUT2D eigenvalue weighted by Crippen LogP contribution is 2.28. The number of nitrogens with zero attached hydrogens (tertiary/aromatic N) is 3. The maximum Gasteiger partial charge on any atom is 0.203 e. The Kier molecular flexibility index (Phi) is 3.89. The molecule has 0 amide bonds. The van der Waals surface area contributed by atoms with Crippen LogP contribution in [0.15, 0.2) is 34.3 Å². The van der Waals surface area contributed by atoms with Gasteiger partial charge in [-0.2, -0.15) is 0 Å². The van der Waals surface area contributed by atoms with Gasteiger partial charge in [-0.05, 0) is 19.9 Å². The molecule has 0 aromatic heterocycles. The van der Waals surface area contributed by atoms with Gasteiger partial charge < -0.3 is 15.7 Å². The van der Waals surface area contributed by atoms with Crippen molar-refractivity contribution >= 4 is 11.9 Å². The fourth-order valence-corrected chi connectivity index (χ4v) is 1.98. The lowest BCUT2D eigenvalue weighted by Gasteiger charge is -2.27. The van der Waals surface area contributed by atoms with Crippen LogP contribution in [0.3, 0.4) is 0 Å². The Morgan fingerprint density at radius 2 is 1.95 bits per heavy atom. The Morgan fingerprint density at radius 1 is 1.26 bits per heavy atom. The Balaban J connectivity index is 2.34. The highest BCUT2D eigenvalue weighted by Gasteiger charge is 2.21. The van der Waals surface area contributed by atoms with Crippen molar-refractivity contribution in [3.8, 4) is 5.75 Å². The molecule has 1 aliphatic heterocycles. The molecule has 1 aliphatic rings. The number of phenols is 1. The zero-order chi connectivity index (χ0) is 13.8. The van der Waals surface area contributed by atoms with E-state index in [2.05, 4.69) is 20.2 Å². The molecule has 0 saturated heterocycles. The highest BCUT2D eigenvalue weighted by atomic mass is 16.3. The summed E-state index contributed by atoms with van der Waals surface area (Å²) in [6.07, 6.45) is -0.502. The maximum absolute atomic E-state index is 9.87. The minimum absolute atomic E-state index is 0.175. The van der Waals surface area contributed by atoms with Crippen LogP contribution in [0, 0.1) is 0 Å². The van der Waals surface area contributed by atoms with Gasteiger partial charge in [0.2, 0.25) is 5.96 Å². The van der Waals surface area contributed by atoms with E-state index in [-0.39, 0.29) is 5.75 Å². The zero-order valence-corrected chi connectivity index (χ0v) is 11.2. The summed E-state index contributed by atoms with van der Waals surface area (Å²) in [7, 11) is 0. The van der Waals surface area contributed by atoms with E-state index in [4.69, 9.17) is 5.73 Å². The molecule has 1 aromatic rings. The number of guanidine groups is 2. The van der Waals surface area contributed by atoms with Crippen molar-refractivity contribution in [2.24, 2.45) is 15.7 Å². The van der Waals surface area contributed by atoms with Crippen LogP contribution < -0.4 is 11.1 Å². The number of para-hydroxylation sites is 1. The summed E-state index contributed by atoms with van der Waals surface area (Å²) in [5.74, 6) is 1.17. The van der Waals surface area contributed by atoms with Gasteiger partial charge in [-0.1, -0.05) is 18.2 Å². The molecule has 2 rings (SSSR count). The SMILES string of the molecule is CCN(CC)C1=NC(c2ccccc2O)N=C(N)N1. The summed E-state index contributed by atoms with van der Waals surface area (Å²) >= 11 is 0. The molecule has 0 radical (unpaired) electrons. The average molecular weight is 261 g/mol. The largest absolute Gasteiger partial charge is 0.508 e. The van der Waals surface area contributed by atoms with Crippen LogP contribution in [-0.2, 0) is 0 Å². The van der Waals surface area contributed by atoms with Crippen LogP contribution >= 0.6 is 0 Å². The van der Waals surface area contributed by atoms with Crippen molar-refractivity contribution in [2.45, 2.75) is 20.0 Å². The standard InChI is InChI=1S/C13H19N5O/c1-3-18(4-2)13-16-11(15-12(14)17-13)9-7-5-6-8-10(9)19/h5-8,11,19H,3-4H2,1-2H3,(H3,14,15,16,17). The first kappa shape index (κ1) is 13.2. The number of aromatic hydroxyl groups is 1. The van der Waals surface area contributed by atoms with Crippen molar-refractivity contribution in [3.05, 3.63) is 29.8 Å². The molecule has 19 heavy (non-hydrogen) atoms. The molecular formula is C13H19N5O. The molecule has 6 nitrogen and oxygen atoms in total. The van der Waals surface area contributed by atoms with Gasteiger partial charge in [0.05, 0.1) is 0 Å². The van der Waals surface area contributed by atoms with E-state index in [0.29, 0.717) is 17.5 Å². The van der Waals surface area contributed by atoms with E-state index in [1.54, 1.807) is 18.2 Å². The van der Waals surface area contributed by atoms with Gasteiger partial charge in [-0.15, -0.1) is 0 Å². The number of aliphatic imine (C=N–C) groups is 2. The third-order valence-corrected chi connectivity index (χ3v) is 3.02. The molecule has 0 spiro atoms. The van der Waals surface area contributed by atoms with Crippen LogP contribution in [-0.4, -0.2) is 35.0 Å². The number of nitrogens with one attached hydrogen (secondary N) is 1. The second kappa shape index (κ2) is 5.60. The van der Waals surface area contributed by atoms with Gasteiger partial charge in [-0.3, -0.25) is 5.32 Å². The summed E-state index contributed by atoms with van der Waals surface area (Å²) in [5.41, 5.74) is 6.45. The van der Waals surface area contributed by atoms with E-state index >= 15 is 0 Å². The maximum atomic E-state index is 9.87. The molecule has 1 atom stereocenters. The molecular weight excluding hydrogens is 242 g/mol. The summed E-state index contributed by atoms with van der Waals surface area (Å²) in [4.78, 5) is 10.8. The first-order chi connectivity index (χ1) is 9.15. The van der Waals surface area contributed by atoms with Crippen LogP contribution in [0.5, 0.6) is 5.75 Å². The van der Waals surface area contributed by atoms with Gasteiger partial charge in [0, 0.05) is 18.7 Å². The molecule has 102 valence electrons. The lowest BCUT2D eigenvalue weighted by molar-refractivity contribution is 0.441. The fourth-order valence-electron chi connectivity index (χ4n) is 1.98. The first-order valence-electron chi connectivity index (χ1n) is 6.36. The van der Waals surface area contributed by atoms with Gasteiger partial charge >= 0.3 is 0 Å². The second-order valence-corrected chi connectivity index (χ2v) is 4.20. The average Bonchev–Trinajstić information content (AvgIpc) is 2.40. The number of rotatable bonds is 3. The minimum atomic E-state index is -0.502. The van der Waals surface area contributed by atoms with E-state index in [0.717, 1.165) is 13.1 Å². The molecule has 1 heterocycles. The van der Waals surface area contributed by atoms with Gasteiger partial charge in [0.15, 0.2) is 12.1 Å². The van der Waals surface area contributed by atoms with Crippen molar-refractivity contribution in [3.63, 3.8) is 0 Å². The van der Waals surface area contributed by atoms with E-state index in [9.17, 15) is 5.11 Å². The van der Waals surface area contributed by atoms with Gasteiger partial charge in [0.25, 0.3) is 0 Å². The van der Waals surface area contributed by atoms with Gasteiger partial charge in [0.1, 0.15) is 5.75 Å². The third kappa shape index (κ3) is 2.78. The second-order valence-electron chi connectivity index (χ2n) is 4.20. The van der Waals surface area contributed by atoms with Crippen molar-refractivity contribution in [1.82, 2.24) is 10.2 Å². The molecule has 0 aliphatic carbocycles. The topological polar surface area (TPSA) is 86.2 Å². The Bertz CT molecular complexity index is 508. The monoisotopic (exact) mass is 261 g/mol. The number of nitrogens with two attached hydrogens (primary N) is 1. The summed E-state index contributed by atoms with van der Waals surface area (Å²) in [6.45, 7) is 5.74. The minimum Gasteiger partial charge on any atom is -0.508 e. The zero-order valence-electron chi connectivity index (χ0n) is 11.2. The van der Waals surface area contributed by atoms with E-state index < -0.39 is 6.17 Å². The van der Waals surface area contributed by atoms with Crippen LogP contribution in [0.2, 0.25) is 0 Å². The van der Waals surface area contributed by atoms with Crippen molar-refractivity contribution in [2.75, 3.05) is 13.1 Å². The first-order valence-corrected chi connectivity index (χ1v) is 6.36. The summed E-state index contributed by atoms with van der Waals surface area (Å²) in [6, 6.07) is 7.03. The third-order valence-electron chi connectivity index (χ3n) is 3.02. The lowest BCUT2D eigenvalue weighted by atomic mass is 10.1. The fraction of sp³-hybridized carbons (Fsp3) is 0.385. The normalized spacial score (nSPS) is 18.3. The molecule has 1 aromatic carbocycles. The molecule has 0 bridgehead atoms. The number of hydrogen-bond acceptors (Lipinski definition) is 6. The molecule has 6 heteroatoms. The lowest BCUT2D eigenvalue weighted by Crippen LogP contribution is -2.49. The number of phenolic OH excluding ortho intramolecular Hbond substituents is 1. The molecule has 0 saturated carbocycles. The van der Waals surface area contributed by atoms with Crippen molar-refractivity contribution in [1.29, 1.82) is 0 Å². The highest BCUT2D eigenvalue weighted by molar-refractivity contribution is 5.99. The van der Waals surface area contributed by atoms with E-state index in [1.165, 1.54) is 0 Å². The number of benzene rings is 1. The smallest absolute Gasteiger partial charge is 0.203 e. The Labute approximate surface area is 112 Å². The van der Waals surface area contributed by atoms with Crippen LogP contribution in [0.1, 0.15) is 25.6 Å². The molecule has 0 fully saturated rings. The van der Waals surface area contributed by atoms with Crippen LogP contribution in [0.4, 0.5) is 0 Å². The predicted octanol–water partition coefficient (Wildman–Crippen LogP) is 1.01. The molecule has 4 N–H and O–H groups in total. The summed E-state index contributed by atoms with van der Waals surface area (Å²) in [5, 5.41) is 12.8.